The third kappa shape index (κ3) is 4.63. The molecule has 5 heteroatoms. The second-order valence-electron chi connectivity index (χ2n) is 5.73. The van der Waals surface area contributed by atoms with Crippen molar-refractivity contribution in [3.05, 3.63) is 101 Å². The normalized spacial score (nSPS) is 11.6. The van der Waals surface area contributed by atoms with Gasteiger partial charge in [-0.05, 0) is 29.3 Å². The number of nitrogens with one attached hydrogen (secondary N) is 1. The van der Waals surface area contributed by atoms with E-state index in [1.807, 2.05) is 60.7 Å². The second-order valence-corrected chi connectivity index (χ2v) is 6.17. The van der Waals surface area contributed by atoms with Gasteiger partial charge in [0.25, 0.3) is 0 Å². The van der Waals surface area contributed by atoms with E-state index in [1.165, 1.54) is 0 Å². The van der Waals surface area contributed by atoms with E-state index in [-0.39, 0.29) is 6.61 Å². The van der Waals surface area contributed by atoms with Crippen molar-refractivity contribution in [2.24, 2.45) is 0 Å². The van der Waals surface area contributed by atoms with Crippen molar-refractivity contribution in [1.29, 1.82) is 0 Å². The first kappa shape index (κ1) is 18.0. The van der Waals surface area contributed by atoms with E-state index in [4.69, 9.17) is 16.3 Å². The molecule has 0 saturated heterocycles. The Kier molecular flexibility index (Phi) is 5.89. The highest BCUT2D eigenvalue weighted by molar-refractivity contribution is 6.30. The van der Waals surface area contributed by atoms with Crippen LogP contribution in [0.4, 0.5) is 10.5 Å². The van der Waals surface area contributed by atoms with Crippen LogP contribution in [0.5, 0.6) is 0 Å². The zero-order valence-corrected chi connectivity index (χ0v) is 14.7. The summed E-state index contributed by atoms with van der Waals surface area (Å²) in [5.74, 6) is 0. The zero-order valence-electron chi connectivity index (χ0n) is 13.9. The summed E-state index contributed by atoms with van der Waals surface area (Å²) in [5.41, 5.74) is 2.54. The van der Waals surface area contributed by atoms with Gasteiger partial charge in [-0.3, -0.25) is 5.32 Å². The molecule has 0 aromatic heterocycles. The van der Waals surface area contributed by atoms with Gasteiger partial charge in [0, 0.05) is 10.6 Å². The van der Waals surface area contributed by atoms with Crippen LogP contribution in [-0.4, -0.2) is 11.2 Å². The molecule has 2 N–H and O–H groups in total. The molecule has 132 valence electrons. The number of hydrogen-bond donors (Lipinski definition) is 2. The van der Waals surface area contributed by atoms with Crippen molar-refractivity contribution >= 4 is 23.4 Å². The molecule has 0 radical (unpaired) electrons. The van der Waals surface area contributed by atoms with Crippen molar-refractivity contribution in [3.8, 4) is 0 Å². The van der Waals surface area contributed by atoms with Gasteiger partial charge in [-0.15, -0.1) is 0 Å². The number of amides is 1. The van der Waals surface area contributed by atoms with Crippen LogP contribution in [0.2, 0.25) is 5.02 Å². The molecule has 3 aromatic carbocycles. The summed E-state index contributed by atoms with van der Waals surface area (Å²) >= 11 is 6.07. The molecule has 4 nitrogen and oxygen atoms in total. The maximum atomic E-state index is 12.1. The first-order valence-electron chi connectivity index (χ1n) is 8.13. The van der Waals surface area contributed by atoms with Crippen molar-refractivity contribution in [1.82, 2.24) is 0 Å². The Labute approximate surface area is 157 Å². The molecule has 3 rings (SSSR count). The SMILES string of the molecule is O=C(Nc1ccc(Cl)cc1C(O)c1ccccc1)OCc1ccccc1. The Balaban J connectivity index is 1.74. The lowest BCUT2D eigenvalue weighted by Gasteiger charge is -2.17. The molecular weight excluding hydrogens is 350 g/mol. The minimum Gasteiger partial charge on any atom is -0.444 e. The summed E-state index contributed by atoms with van der Waals surface area (Å²) in [6, 6.07) is 23.5. The van der Waals surface area contributed by atoms with Crippen LogP contribution in [0.1, 0.15) is 22.8 Å². The van der Waals surface area contributed by atoms with E-state index in [0.29, 0.717) is 21.8 Å². The predicted molar refractivity (Wildman–Crippen MR) is 102 cm³/mol. The van der Waals surface area contributed by atoms with Crippen LogP contribution in [0, 0.1) is 0 Å². The van der Waals surface area contributed by atoms with Crippen molar-refractivity contribution in [3.63, 3.8) is 0 Å². The quantitative estimate of drug-likeness (QED) is 0.654. The summed E-state index contributed by atoms with van der Waals surface area (Å²) in [6.45, 7) is 0.164. The largest absolute Gasteiger partial charge is 0.444 e. The van der Waals surface area contributed by atoms with Crippen LogP contribution in [-0.2, 0) is 11.3 Å². The second kappa shape index (κ2) is 8.52. The van der Waals surface area contributed by atoms with Gasteiger partial charge in [0.2, 0.25) is 0 Å². The first-order valence-corrected chi connectivity index (χ1v) is 8.51. The predicted octanol–water partition coefficient (Wildman–Crippen LogP) is 5.17. The van der Waals surface area contributed by atoms with Gasteiger partial charge < -0.3 is 9.84 Å². The van der Waals surface area contributed by atoms with E-state index in [1.54, 1.807) is 18.2 Å². The lowest BCUT2D eigenvalue weighted by Crippen LogP contribution is -2.16. The number of aliphatic hydroxyl groups is 1. The average molecular weight is 368 g/mol. The van der Waals surface area contributed by atoms with E-state index >= 15 is 0 Å². The fraction of sp³-hybridized carbons (Fsp3) is 0.0952. The van der Waals surface area contributed by atoms with Crippen LogP contribution in [0.25, 0.3) is 0 Å². The molecule has 0 aliphatic rings. The summed E-state index contributed by atoms with van der Waals surface area (Å²) in [5, 5.41) is 13.8. The Bertz CT molecular complexity index is 869. The fourth-order valence-electron chi connectivity index (χ4n) is 2.56. The number of hydrogen-bond acceptors (Lipinski definition) is 3. The van der Waals surface area contributed by atoms with Gasteiger partial charge >= 0.3 is 6.09 Å². The van der Waals surface area contributed by atoms with E-state index in [9.17, 15) is 9.90 Å². The number of ether oxygens (including phenoxy) is 1. The number of anilines is 1. The number of benzene rings is 3. The van der Waals surface area contributed by atoms with Gasteiger partial charge in [-0.1, -0.05) is 72.3 Å². The smallest absolute Gasteiger partial charge is 0.411 e. The molecule has 0 fully saturated rings. The highest BCUT2D eigenvalue weighted by Crippen LogP contribution is 2.31. The van der Waals surface area contributed by atoms with Gasteiger partial charge in [0.05, 0.1) is 5.69 Å². The topological polar surface area (TPSA) is 58.6 Å². The Morgan fingerprint density at radius 1 is 1.00 bits per heavy atom. The Morgan fingerprint density at radius 3 is 2.35 bits per heavy atom. The van der Waals surface area contributed by atoms with Crippen LogP contribution in [0.15, 0.2) is 78.9 Å². The van der Waals surface area contributed by atoms with Crippen LogP contribution < -0.4 is 5.32 Å². The molecule has 0 heterocycles. The number of rotatable bonds is 5. The standard InChI is InChI=1S/C21H18ClNO3/c22-17-11-12-19(18(13-17)20(24)16-9-5-2-6-10-16)23-21(25)26-14-15-7-3-1-4-8-15/h1-13,20,24H,14H2,(H,23,25). The molecule has 1 atom stereocenters. The number of aliphatic hydroxyl groups excluding tert-OH is 1. The molecule has 1 unspecified atom stereocenters. The molecular formula is C21H18ClNO3. The Hall–Kier alpha value is -2.82. The van der Waals surface area contributed by atoms with Crippen LogP contribution in [0.3, 0.4) is 0 Å². The van der Waals surface area contributed by atoms with Crippen LogP contribution >= 0.6 is 11.6 Å². The molecule has 0 aliphatic heterocycles. The first-order chi connectivity index (χ1) is 12.6. The fourth-order valence-corrected chi connectivity index (χ4v) is 2.74. The summed E-state index contributed by atoms with van der Waals surface area (Å²) in [6.07, 6.45) is -1.52. The summed E-state index contributed by atoms with van der Waals surface area (Å²) in [7, 11) is 0. The minimum atomic E-state index is -0.917. The van der Waals surface area contributed by atoms with E-state index in [0.717, 1.165) is 5.56 Å². The third-order valence-electron chi connectivity index (χ3n) is 3.87. The van der Waals surface area contributed by atoms with Gasteiger partial charge in [0.1, 0.15) is 12.7 Å². The molecule has 0 spiro atoms. The maximum Gasteiger partial charge on any atom is 0.411 e. The number of carbonyl (C=O) groups is 1. The summed E-state index contributed by atoms with van der Waals surface area (Å²) < 4.78 is 5.24. The zero-order chi connectivity index (χ0) is 18.4. The molecule has 0 saturated carbocycles. The van der Waals surface area contributed by atoms with Gasteiger partial charge in [-0.2, -0.15) is 0 Å². The van der Waals surface area contributed by atoms with Crippen molar-refractivity contribution < 1.29 is 14.6 Å². The highest BCUT2D eigenvalue weighted by Gasteiger charge is 2.17. The van der Waals surface area contributed by atoms with Gasteiger partial charge in [-0.25, -0.2) is 4.79 Å². The lowest BCUT2D eigenvalue weighted by molar-refractivity contribution is 0.155. The number of carbonyl (C=O) groups excluding carboxylic acids is 1. The number of halogens is 1. The average Bonchev–Trinajstić information content (AvgIpc) is 2.69. The lowest BCUT2D eigenvalue weighted by atomic mass is 10.00. The van der Waals surface area contributed by atoms with E-state index < -0.39 is 12.2 Å². The molecule has 26 heavy (non-hydrogen) atoms. The monoisotopic (exact) mass is 367 g/mol. The molecule has 1 amide bonds. The van der Waals surface area contributed by atoms with E-state index in [2.05, 4.69) is 5.32 Å². The highest BCUT2D eigenvalue weighted by atomic mass is 35.5. The molecule has 0 bridgehead atoms. The van der Waals surface area contributed by atoms with Gasteiger partial charge in [0.15, 0.2) is 0 Å². The Morgan fingerprint density at radius 2 is 1.65 bits per heavy atom. The summed E-state index contributed by atoms with van der Waals surface area (Å²) in [4.78, 5) is 12.1. The third-order valence-corrected chi connectivity index (χ3v) is 4.11. The molecule has 0 aliphatic carbocycles. The van der Waals surface area contributed by atoms with Crippen molar-refractivity contribution in [2.45, 2.75) is 12.7 Å². The minimum absolute atomic E-state index is 0.164. The van der Waals surface area contributed by atoms with Crippen molar-refractivity contribution in [2.75, 3.05) is 5.32 Å². The molecule has 3 aromatic rings. The maximum absolute atomic E-state index is 12.1.